The molecule has 106 valence electrons. The van der Waals surface area contributed by atoms with Gasteiger partial charge in [0.1, 0.15) is 0 Å². The van der Waals surface area contributed by atoms with Crippen LogP contribution in [0.3, 0.4) is 0 Å². The molecule has 2 N–H and O–H groups in total. The maximum Gasteiger partial charge on any atom is 0.229 e. The van der Waals surface area contributed by atoms with E-state index >= 15 is 0 Å². The third kappa shape index (κ3) is 5.77. The molecule has 0 bridgehead atoms. The highest BCUT2D eigenvalue weighted by Gasteiger charge is 2.20. The van der Waals surface area contributed by atoms with E-state index in [1.165, 1.54) is 19.3 Å². The van der Waals surface area contributed by atoms with Gasteiger partial charge in [-0.1, -0.05) is 40.5 Å². The molecule has 0 spiro atoms. The predicted molar refractivity (Wildman–Crippen MR) is 82.5 cm³/mol. The first-order valence-electron chi connectivity index (χ1n) is 7.09. The Morgan fingerprint density at radius 1 is 1.05 bits per heavy atom. The Kier molecular flexibility index (Phi) is 5.87. The Hall–Kier alpha value is -1.51. The van der Waals surface area contributed by atoms with Crippen molar-refractivity contribution in [3.63, 3.8) is 0 Å². The number of rotatable bonds is 6. The molecule has 0 atom stereocenters. The molecule has 0 saturated heterocycles. The fraction of sp³-hybridized carbons (Fsp3) is 0.562. The van der Waals surface area contributed by atoms with Crippen molar-refractivity contribution in [3.05, 3.63) is 24.3 Å². The van der Waals surface area contributed by atoms with Gasteiger partial charge in [-0.15, -0.1) is 0 Å². The van der Waals surface area contributed by atoms with Gasteiger partial charge in [0.05, 0.1) is 0 Å². The molecule has 0 aliphatic rings. The van der Waals surface area contributed by atoms with E-state index in [0.29, 0.717) is 0 Å². The Balaban J connectivity index is 2.45. The van der Waals surface area contributed by atoms with Gasteiger partial charge in [-0.2, -0.15) is 0 Å². The van der Waals surface area contributed by atoms with Gasteiger partial charge in [0, 0.05) is 23.3 Å². The number of hydrogen-bond acceptors (Lipinski definition) is 2. The van der Waals surface area contributed by atoms with Gasteiger partial charge >= 0.3 is 0 Å². The lowest BCUT2D eigenvalue weighted by Gasteiger charge is -2.17. The van der Waals surface area contributed by atoms with Crippen LogP contribution in [-0.2, 0) is 4.79 Å². The number of nitrogens with one attached hydrogen (secondary N) is 2. The molecule has 1 amide bonds. The molecule has 1 rings (SSSR count). The second kappa shape index (κ2) is 7.17. The van der Waals surface area contributed by atoms with Crippen LogP contribution in [0.5, 0.6) is 0 Å². The second-order valence-corrected chi connectivity index (χ2v) is 5.92. The Labute approximate surface area is 116 Å². The summed E-state index contributed by atoms with van der Waals surface area (Å²) in [5.74, 6) is 0.0381. The van der Waals surface area contributed by atoms with Crippen LogP contribution in [0.4, 0.5) is 11.4 Å². The minimum Gasteiger partial charge on any atom is -0.385 e. The molecule has 0 aliphatic heterocycles. The zero-order chi connectivity index (χ0) is 14.3. The molecule has 1 aromatic carbocycles. The number of unbranched alkanes of at least 4 members (excludes halogenated alkanes) is 2. The minimum absolute atomic E-state index is 0.0381. The lowest BCUT2D eigenvalue weighted by atomic mass is 9.95. The van der Waals surface area contributed by atoms with Crippen molar-refractivity contribution >= 4 is 17.3 Å². The first-order valence-corrected chi connectivity index (χ1v) is 7.09. The van der Waals surface area contributed by atoms with Gasteiger partial charge in [-0.3, -0.25) is 4.79 Å². The van der Waals surface area contributed by atoms with Crippen LogP contribution < -0.4 is 10.6 Å². The number of carbonyl (C=O) groups is 1. The van der Waals surface area contributed by atoms with E-state index in [4.69, 9.17) is 0 Å². The summed E-state index contributed by atoms with van der Waals surface area (Å²) in [5.41, 5.74) is 1.58. The van der Waals surface area contributed by atoms with Gasteiger partial charge < -0.3 is 10.6 Å². The van der Waals surface area contributed by atoms with Gasteiger partial charge in [-0.25, -0.2) is 0 Å². The molecule has 0 unspecified atom stereocenters. The number of amides is 1. The van der Waals surface area contributed by atoms with E-state index in [2.05, 4.69) is 17.6 Å². The smallest absolute Gasteiger partial charge is 0.229 e. The lowest BCUT2D eigenvalue weighted by Crippen LogP contribution is -2.27. The highest BCUT2D eigenvalue weighted by atomic mass is 16.2. The Bertz CT molecular complexity index is 390. The van der Waals surface area contributed by atoms with Crippen molar-refractivity contribution in [2.75, 3.05) is 17.2 Å². The van der Waals surface area contributed by atoms with Crippen molar-refractivity contribution in [3.8, 4) is 0 Å². The molecule has 1 aromatic rings. The van der Waals surface area contributed by atoms with Crippen LogP contribution in [0.2, 0.25) is 0 Å². The third-order valence-corrected chi connectivity index (χ3v) is 2.93. The predicted octanol–water partition coefficient (Wildman–Crippen LogP) is 4.27. The number of carbonyl (C=O) groups excluding carboxylic acids is 1. The molecule has 0 aliphatic carbocycles. The van der Waals surface area contributed by atoms with E-state index in [1.54, 1.807) is 0 Å². The summed E-state index contributed by atoms with van der Waals surface area (Å²) in [5, 5.41) is 6.30. The summed E-state index contributed by atoms with van der Waals surface area (Å²) in [6.07, 6.45) is 3.69. The van der Waals surface area contributed by atoms with Crippen molar-refractivity contribution in [2.24, 2.45) is 5.41 Å². The van der Waals surface area contributed by atoms with E-state index in [9.17, 15) is 4.79 Å². The zero-order valence-electron chi connectivity index (χ0n) is 12.5. The zero-order valence-corrected chi connectivity index (χ0v) is 12.5. The second-order valence-electron chi connectivity index (χ2n) is 5.92. The number of benzene rings is 1. The fourth-order valence-corrected chi connectivity index (χ4v) is 1.60. The van der Waals surface area contributed by atoms with Crippen molar-refractivity contribution in [1.82, 2.24) is 0 Å². The van der Waals surface area contributed by atoms with E-state index in [0.717, 1.165) is 17.9 Å². The number of anilines is 2. The molecule has 0 fully saturated rings. The van der Waals surface area contributed by atoms with Crippen LogP contribution in [0.15, 0.2) is 24.3 Å². The standard InChI is InChI=1S/C16H26N2O/c1-5-6-7-12-17-13-8-10-14(11-9-13)18-15(19)16(2,3)4/h8-11,17H,5-7,12H2,1-4H3,(H,18,19). The molecular formula is C16H26N2O. The maximum absolute atomic E-state index is 11.8. The Morgan fingerprint density at radius 2 is 1.63 bits per heavy atom. The molecule has 0 aromatic heterocycles. The average molecular weight is 262 g/mol. The maximum atomic E-state index is 11.8. The van der Waals surface area contributed by atoms with Crippen molar-refractivity contribution in [1.29, 1.82) is 0 Å². The van der Waals surface area contributed by atoms with Gasteiger partial charge in [-0.05, 0) is 30.7 Å². The molecule has 0 radical (unpaired) electrons. The molecule has 0 saturated carbocycles. The quantitative estimate of drug-likeness (QED) is 0.752. The fourth-order valence-electron chi connectivity index (χ4n) is 1.60. The van der Waals surface area contributed by atoms with Crippen LogP contribution in [0.25, 0.3) is 0 Å². The molecular weight excluding hydrogens is 236 g/mol. The lowest BCUT2D eigenvalue weighted by molar-refractivity contribution is -0.123. The van der Waals surface area contributed by atoms with Gasteiger partial charge in [0.15, 0.2) is 0 Å². The summed E-state index contributed by atoms with van der Waals surface area (Å²) in [6, 6.07) is 7.88. The van der Waals surface area contributed by atoms with Crippen LogP contribution >= 0.6 is 0 Å². The molecule has 19 heavy (non-hydrogen) atoms. The summed E-state index contributed by atoms with van der Waals surface area (Å²) < 4.78 is 0. The van der Waals surface area contributed by atoms with Gasteiger partial charge in [0.25, 0.3) is 0 Å². The van der Waals surface area contributed by atoms with Gasteiger partial charge in [0.2, 0.25) is 5.91 Å². The average Bonchev–Trinajstić information content (AvgIpc) is 2.35. The summed E-state index contributed by atoms with van der Waals surface area (Å²) in [7, 11) is 0. The highest BCUT2D eigenvalue weighted by molar-refractivity contribution is 5.94. The van der Waals surface area contributed by atoms with Crippen molar-refractivity contribution in [2.45, 2.75) is 47.0 Å². The summed E-state index contributed by atoms with van der Waals surface area (Å²) in [6.45, 7) is 8.93. The normalized spacial score (nSPS) is 11.2. The minimum atomic E-state index is -0.364. The van der Waals surface area contributed by atoms with Crippen LogP contribution in [0.1, 0.15) is 47.0 Å². The SMILES string of the molecule is CCCCCNc1ccc(NC(=O)C(C)(C)C)cc1. The summed E-state index contributed by atoms with van der Waals surface area (Å²) in [4.78, 5) is 11.8. The monoisotopic (exact) mass is 262 g/mol. The molecule has 3 heteroatoms. The topological polar surface area (TPSA) is 41.1 Å². The van der Waals surface area contributed by atoms with E-state index in [-0.39, 0.29) is 11.3 Å². The van der Waals surface area contributed by atoms with Crippen LogP contribution in [0, 0.1) is 5.41 Å². The number of hydrogen-bond donors (Lipinski definition) is 2. The van der Waals surface area contributed by atoms with E-state index < -0.39 is 0 Å². The molecule has 0 heterocycles. The van der Waals surface area contributed by atoms with Crippen LogP contribution in [-0.4, -0.2) is 12.5 Å². The summed E-state index contributed by atoms with van der Waals surface area (Å²) >= 11 is 0. The third-order valence-electron chi connectivity index (χ3n) is 2.93. The van der Waals surface area contributed by atoms with E-state index in [1.807, 2.05) is 45.0 Å². The highest BCUT2D eigenvalue weighted by Crippen LogP contribution is 2.19. The first-order chi connectivity index (χ1) is 8.93. The first kappa shape index (κ1) is 15.5. The largest absolute Gasteiger partial charge is 0.385 e. The molecule has 3 nitrogen and oxygen atoms in total. The Morgan fingerprint density at radius 3 is 2.16 bits per heavy atom. The van der Waals surface area contributed by atoms with Crippen molar-refractivity contribution < 1.29 is 4.79 Å².